The van der Waals surface area contributed by atoms with E-state index in [4.69, 9.17) is 0 Å². The van der Waals surface area contributed by atoms with Crippen molar-refractivity contribution in [1.29, 1.82) is 0 Å². The third kappa shape index (κ3) is 3.25. The number of nitrogens with zero attached hydrogens (tertiary/aromatic N) is 1. The molecule has 1 heterocycles. The molecule has 3 N–H and O–H groups in total. The van der Waals surface area contributed by atoms with Gasteiger partial charge in [-0.1, -0.05) is 18.2 Å². The number of nitrogens with one attached hydrogen (secondary N) is 2. The largest absolute Gasteiger partial charge is 0.507 e. The molecule has 0 saturated carbocycles. The average molecular weight is 344 g/mol. The van der Waals surface area contributed by atoms with E-state index < -0.39 is 0 Å². The number of phenols is 1. The maximum absolute atomic E-state index is 9.47. The number of aromatic amines is 1. The van der Waals surface area contributed by atoms with Crippen LogP contribution in [-0.2, 0) is 6.54 Å². The molecule has 0 aliphatic rings. The number of halogens is 1. The minimum atomic E-state index is 0.252. The molecule has 3 aromatic rings. The van der Waals surface area contributed by atoms with Gasteiger partial charge in [0.2, 0.25) is 0 Å². The number of rotatable bonds is 4. The number of aromatic hydroxyl groups is 1. The van der Waals surface area contributed by atoms with Crippen molar-refractivity contribution in [1.82, 2.24) is 9.97 Å². The van der Waals surface area contributed by atoms with E-state index in [1.807, 2.05) is 36.4 Å². The third-order valence-electron chi connectivity index (χ3n) is 3.20. The van der Waals surface area contributed by atoms with Crippen molar-refractivity contribution in [3.8, 4) is 17.0 Å². The minimum Gasteiger partial charge on any atom is -0.507 e. The van der Waals surface area contributed by atoms with E-state index in [0.29, 0.717) is 11.0 Å². The van der Waals surface area contributed by atoms with Gasteiger partial charge in [0.15, 0.2) is 0 Å². The molecule has 21 heavy (non-hydrogen) atoms. The fraction of sp³-hybridized carbons (Fsp3) is 0.0625. The molecule has 0 atom stereocenters. The fourth-order valence-corrected chi connectivity index (χ4v) is 2.47. The summed E-state index contributed by atoms with van der Waals surface area (Å²) in [6, 6.07) is 13.6. The van der Waals surface area contributed by atoms with E-state index >= 15 is 0 Å². The van der Waals surface area contributed by atoms with Crippen molar-refractivity contribution < 1.29 is 5.11 Å². The van der Waals surface area contributed by atoms with Gasteiger partial charge in [0, 0.05) is 12.2 Å². The lowest BCUT2D eigenvalue weighted by Crippen LogP contribution is -1.99. The molecule has 3 rings (SSSR count). The molecule has 106 valence electrons. The van der Waals surface area contributed by atoms with Gasteiger partial charge in [-0.15, -0.1) is 0 Å². The standard InChI is InChI=1S/C16H14BrN3O/c17-14-7-11(1-6-16(14)21)8-19-13-4-2-12(3-5-13)15-9-18-10-20-15/h1-7,9-10,19,21H,8H2,(H,18,20). The van der Waals surface area contributed by atoms with Gasteiger partial charge in [-0.3, -0.25) is 0 Å². The normalized spacial score (nSPS) is 10.5. The van der Waals surface area contributed by atoms with Crippen LogP contribution in [0, 0.1) is 0 Å². The molecular formula is C16H14BrN3O. The predicted octanol–water partition coefficient (Wildman–Crippen LogP) is 4.16. The predicted molar refractivity (Wildman–Crippen MR) is 87.2 cm³/mol. The van der Waals surface area contributed by atoms with Crippen molar-refractivity contribution >= 4 is 21.6 Å². The zero-order valence-corrected chi connectivity index (χ0v) is 12.8. The highest BCUT2D eigenvalue weighted by atomic mass is 79.9. The zero-order chi connectivity index (χ0) is 14.7. The molecule has 0 aliphatic heterocycles. The van der Waals surface area contributed by atoms with E-state index in [1.54, 1.807) is 18.6 Å². The first kappa shape index (κ1) is 13.7. The van der Waals surface area contributed by atoms with E-state index in [2.05, 4.69) is 31.2 Å². The van der Waals surface area contributed by atoms with Gasteiger partial charge in [-0.2, -0.15) is 0 Å². The topological polar surface area (TPSA) is 60.9 Å². The van der Waals surface area contributed by atoms with Crippen molar-refractivity contribution in [2.45, 2.75) is 6.54 Å². The average Bonchev–Trinajstić information content (AvgIpc) is 3.03. The summed E-state index contributed by atoms with van der Waals surface area (Å²) < 4.78 is 0.705. The SMILES string of the molecule is Oc1ccc(CNc2ccc(-c3cnc[nH]3)cc2)cc1Br. The molecule has 0 saturated heterocycles. The lowest BCUT2D eigenvalue weighted by Gasteiger charge is -2.08. The number of benzene rings is 2. The van der Waals surface area contributed by atoms with Crippen LogP contribution in [0.4, 0.5) is 5.69 Å². The molecule has 5 heteroatoms. The highest BCUT2D eigenvalue weighted by Crippen LogP contribution is 2.25. The summed E-state index contributed by atoms with van der Waals surface area (Å²) in [4.78, 5) is 7.10. The van der Waals surface area contributed by atoms with Gasteiger partial charge in [-0.25, -0.2) is 4.98 Å². The van der Waals surface area contributed by atoms with Crippen LogP contribution in [-0.4, -0.2) is 15.1 Å². The molecule has 4 nitrogen and oxygen atoms in total. The van der Waals surface area contributed by atoms with Crippen LogP contribution < -0.4 is 5.32 Å². The Hall–Kier alpha value is -2.27. The first-order chi connectivity index (χ1) is 10.2. The third-order valence-corrected chi connectivity index (χ3v) is 3.84. The Morgan fingerprint density at radius 1 is 1.14 bits per heavy atom. The molecule has 0 amide bonds. The van der Waals surface area contributed by atoms with Crippen LogP contribution >= 0.6 is 15.9 Å². The van der Waals surface area contributed by atoms with E-state index in [0.717, 1.165) is 22.5 Å². The molecule has 0 radical (unpaired) electrons. The summed E-state index contributed by atoms with van der Waals surface area (Å²) in [7, 11) is 0. The number of H-pyrrole nitrogens is 1. The number of hydrogen-bond acceptors (Lipinski definition) is 3. The van der Waals surface area contributed by atoms with Gasteiger partial charge >= 0.3 is 0 Å². The van der Waals surface area contributed by atoms with Crippen LogP contribution in [0.15, 0.2) is 59.5 Å². The van der Waals surface area contributed by atoms with E-state index in [9.17, 15) is 5.11 Å². The number of aromatic nitrogens is 2. The second-order valence-electron chi connectivity index (χ2n) is 4.68. The summed E-state index contributed by atoms with van der Waals surface area (Å²) in [5, 5.41) is 12.8. The maximum atomic E-state index is 9.47. The Morgan fingerprint density at radius 3 is 2.62 bits per heavy atom. The molecular weight excluding hydrogens is 330 g/mol. The Kier molecular flexibility index (Phi) is 3.92. The van der Waals surface area contributed by atoms with Crippen LogP contribution in [0.25, 0.3) is 11.3 Å². The molecule has 0 bridgehead atoms. The smallest absolute Gasteiger partial charge is 0.129 e. The highest BCUT2D eigenvalue weighted by molar-refractivity contribution is 9.10. The summed E-state index contributed by atoms with van der Waals surface area (Å²) in [6.45, 7) is 0.697. The molecule has 0 fully saturated rings. The van der Waals surface area contributed by atoms with E-state index in [-0.39, 0.29) is 5.75 Å². The zero-order valence-electron chi connectivity index (χ0n) is 11.2. The lowest BCUT2D eigenvalue weighted by molar-refractivity contribution is 0.471. The Bertz CT molecular complexity index is 724. The van der Waals surface area contributed by atoms with Crippen molar-refractivity contribution in [3.63, 3.8) is 0 Å². The Morgan fingerprint density at radius 2 is 1.95 bits per heavy atom. The van der Waals surface area contributed by atoms with E-state index in [1.165, 1.54) is 0 Å². The van der Waals surface area contributed by atoms with Crippen LogP contribution in [0.2, 0.25) is 0 Å². The second kappa shape index (κ2) is 6.01. The second-order valence-corrected chi connectivity index (χ2v) is 5.54. The number of anilines is 1. The monoisotopic (exact) mass is 343 g/mol. The van der Waals surface area contributed by atoms with Gasteiger partial charge < -0.3 is 15.4 Å². The summed E-state index contributed by atoms with van der Waals surface area (Å²) in [5.74, 6) is 0.252. The first-order valence-electron chi connectivity index (χ1n) is 6.52. The maximum Gasteiger partial charge on any atom is 0.129 e. The number of imidazole rings is 1. The summed E-state index contributed by atoms with van der Waals surface area (Å²) >= 11 is 3.32. The van der Waals surface area contributed by atoms with Crippen molar-refractivity contribution in [2.24, 2.45) is 0 Å². The van der Waals surface area contributed by atoms with Crippen molar-refractivity contribution in [2.75, 3.05) is 5.32 Å². The summed E-state index contributed by atoms with van der Waals surface area (Å²) in [5.41, 5.74) is 4.24. The van der Waals surface area contributed by atoms with Gasteiger partial charge in [0.25, 0.3) is 0 Å². The van der Waals surface area contributed by atoms with Gasteiger partial charge in [-0.05, 0) is 51.3 Å². The van der Waals surface area contributed by atoms with Crippen LogP contribution in [0.3, 0.4) is 0 Å². The van der Waals surface area contributed by atoms with Gasteiger partial charge in [0.05, 0.1) is 22.7 Å². The molecule has 0 spiro atoms. The molecule has 0 aliphatic carbocycles. The first-order valence-corrected chi connectivity index (χ1v) is 7.32. The Labute approximate surface area is 131 Å². The fourth-order valence-electron chi connectivity index (χ4n) is 2.05. The van der Waals surface area contributed by atoms with Crippen molar-refractivity contribution in [3.05, 3.63) is 65.0 Å². The molecule has 2 aromatic carbocycles. The Balaban J connectivity index is 1.66. The molecule has 0 unspecified atom stereocenters. The highest BCUT2D eigenvalue weighted by Gasteiger charge is 2.01. The minimum absolute atomic E-state index is 0.252. The van der Waals surface area contributed by atoms with Crippen LogP contribution in [0.1, 0.15) is 5.56 Å². The molecule has 1 aromatic heterocycles. The van der Waals surface area contributed by atoms with Gasteiger partial charge in [0.1, 0.15) is 5.75 Å². The number of hydrogen-bond donors (Lipinski definition) is 3. The summed E-state index contributed by atoms with van der Waals surface area (Å²) in [6.07, 6.45) is 3.47. The van der Waals surface area contributed by atoms with Crippen LogP contribution in [0.5, 0.6) is 5.75 Å². The lowest BCUT2D eigenvalue weighted by atomic mass is 10.1. The number of phenolic OH excluding ortho intramolecular Hbond substituents is 1. The quantitative estimate of drug-likeness (QED) is 0.666.